The molecular formula is C13H18O3. The first-order valence-electron chi connectivity index (χ1n) is 5.26. The molecule has 0 aliphatic heterocycles. The topological polar surface area (TPSA) is 54.4 Å². The summed E-state index contributed by atoms with van der Waals surface area (Å²) in [6, 6.07) is 0. The van der Waals surface area contributed by atoms with Crippen molar-refractivity contribution >= 4 is 11.8 Å². The average Bonchev–Trinajstić information content (AvgIpc) is 2.19. The number of rotatable bonds is 7. The minimum absolute atomic E-state index is 0.213. The Hall–Kier alpha value is -1.64. The van der Waals surface area contributed by atoms with Gasteiger partial charge in [0.15, 0.2) is 0 Å². The van der Waals surface area contributed by atoms with Crippen molar-refractivity contribution in [2.45, 2.75) is 33.1 Å². The average molecular weight is 222 g/mol. The van der Waals surface area contributed by atoms with Crippen molar-refractivity contribution in [2.24, 2.45) is 0 Å². The van der Waals surface area contributed by atoms with Crippen molar-refractivity contribution in [1.29, 1.82) is 0 Å². The van der Waals surface area contributed by atoms with Crippen molar-refractivity contribution < 1.29 is 14.7 Å². The van der Waals surface area contributed by atoms with E-state index >= 15 is 0 Å². The van der Waals surface area contributed by atoms with Gasteiger partial charge in [-0.2, -0.15) is 0 Å². The molecule has 3 heteroatoms. The summed E-state index contributed by atoms with van der Waals surface area (Å²) in [7, 11) is 0. The number of carboxylic acids is 1. The number of ketones is 1. The molecule has 0 aromatic heterocycles. The summed E-state index contributed by atoms with van der Waals surface area (Å²) in [6.07, 6.45) is 10.7. The first-order valence-corrected chi connectivity index (χ1v) is 5.26. The lowest BCUT2D eigenvalue weighted by Gasteiger charge is -1.91. The van der Waals surface area contributed by atoms with Crippen LogP contribution in [0.1, 0.15) is 33.1 Å². The third kappa shape index (κ3) is 10.4. The molecule has 0 atom stereocenters. The van der Waals surface area contributed by atoms with E-state index in [1.807, 2.05) is 25.2 Å². The van der Waals surface area contributed by atoms with Gasteiger partial charge in [0.05, 0.1) is 0 Å². The van der Waals surface area contributed by atoms with Crippen LogP contribution < -0.4 is 0 Å². The smallest absolute Gasteiger partial charge is 0.328 e. The van der Waals surface area contributed by atoms with Crippen LogP contribution in [0.2, 0.25) is 0 Å². The zero-order valence-corrected chi connectivity index (χ0v) is 9.77. The molecule has 0 fully saturated rings. The molecule has 0 aliphatic rings. The van der Waals surface area contributed by atoms with E-state index in [4.69, 9.17) is 5.11 Å². The minimum Gasteiger partial charge on any atom is -0.478 e. The molecule has 0 saturated carbocycles. The molecule has 0 saturated heterocycles. The first-order chi connectivity index (χ1) is 7.52. The molecule has 0 bridgehead atoms. The van der Waals surface area contributed by atoms with Crippen LogP contribution in [0.4, 0.5) is 0 Å². The van der Waals surface area contributed by atoms with Gasteiger partial charge in [-0.15, -0.1) is 0 Å². The van der Waals surface area contributed by atoms with Gasteiger partial charge < -0.3 is 9.90 Å². The molecule has 0 amide bonds. The Morgan fingerprint density at radius 3 is 2.44 bits per heavy atom. The number of aliphatic carboxylic acids is 1. The van der Waals surface area contributed by atoms with Crippen LogP contribution in [0.5, 0.6) is 0 Å². The largest absolute Gasteiger partial charge is 0.478 e. The second-order valence-electron chi connectivity index (χ2n) is 3.60. The van der Waals surface area contributed by atoms with Crippen LogP contribution in [0.15, 0.2) is 36.0 Å². The normalized spacial score (nSPS) is 12.5. The first kappa shape index (κ1) is 14.4. The molecule has 0 heterocycles. The Morgan fingerprint density at radius 2 is 1.88 bits per heavy atom. The third-order valence-electron chi connectivity index (χ3n) is 1.88. The maximum Gasteiger partial charge on any atom is 0.328 e. The quantitative estimate of drug-likeness (QED) is 0.409. The predicted octanol–water partition coefficient (Wildman–Crippen LogP) is 2.89. The summed E-state index contributed by atoms with van der Waals surface area (Å²) in [5.74, 6) is -0.734. The van der Waals surface area contributed by atoms with Crippen LogP contribution in [-0.4, -0.2) is 16.9 Å². The van der Waals surface area contributed by atoms with Crippen molar-refractivity contribution in [3.63, 3.8) is 0 Å². The van der Waals surface area contributed by atoms with Crippen molar-refractivity contribution in [3.05, 3.63) is 36.0 Å². The van der Waals surface area contributed by atoms with Gasteiger partial charge in [-0.05, 0) is 26.7 Å². The SMILES string of the molecule is CC(=O)CCC/C=C/C=C(C)/C=C/C(=O)O. The molecule has 3 nitrogen and oxygen atoms in total. The van der Waals surface area contributed by atoms with Gasteiger partial charge in [-0.1, -0.05) is 29.9 Å². The maximum atomic E-state index is 10.6. The van der Waals surface area contributed by atoms with E-state index in [0.717, 1.165) is 24.5 Å². The maximum absolute atomic E-state index is 10.6. The highest BCUT2D eigenvalue weighted by Crippen LogP contribution is 2.00. The number of carboxylic acid groups (broad SMARTS) is 1. The minimum atomic E-state index is -0.946. The van der Waals surface area contributed by atoms with E-state index in [1.165, 1.54) is 0 Å². The fraction of sp³-hybridized carbons (Fsp3) is 0.385. The number of carbonyl (C=O) groups is 2. The molecule has 0 unspecified atom stereocenters. The van der Waals surface area contributed by atoms with Crippen molar-refractivity contribution in [1.82, 2.24) is 0 Å². The fourth-order valence-electron chi connectivity index (χ4n) is 1.04. The van der Waals surface area contributed by atoms with E-state index in [1.54, 1.807) is 13.0 Å². The molecule has 0 aromatic carbocycles. The van der Waals surface area contributed by atoms with Gasteiger partial charge in [0.2, 0.25) is 0 Å². The molecule has 0 aliphatic carbocycles. The van der Waals surface area contributed by atoms with Crippen LogP contribution in [0.3, 0.4) is 0 Å². The molecule has 1 N–H and O–H groups in total. The highest BCUT2D eigenvalue weighted by molar-refractivity contribution is 5.80. The standard InChI is InChI=1S/C13H18O3/c1-11(9-10-13(15)16)7-5-3-4-6-8-12(2)14/h3,5,7,9-10H,4,6,8H2,1-2H3,(H,15,16)/b5-3+,10-9+,11-7+. The van der Waals surface area contributed by atoms with E-state index < -0.39 is 5.97 Å². The lowest BCUT2D eigenvalue weighted by molar-refractivity contribution is -0.131. The lowest BCUT2D eigenvalue weighted by atomic mass is 10.2. The second-order valence-corrected chi connectivity index (χ2v) is 3.60. The lowest BCUT2D eigenvalue weighted by Crippen LogP contribution is -1.87. The van der Waals surface area contributed by atoms with Crippen molar-refractivity contribution in [2.75, 3.05) is 0 Å². The molecule has 88 valence electrons. The molecule has 0 radical (unpaired) electrons. The van der Waals surface area contributed by atoms with E-state index in [9.17, 15) is 9.59 Å². The van der Waals surface area contributed by atoms with Crippen LogP contribution in [-0.2, 0) is 9.59 Å². The van der Waals surface area contributed by atoms with Crippen molar-refractivity contribution in [3.8, 4) is 0 Å². The summed E-state index contributed by atoms with van der Waals surface area (Å²) in [6.45, 7) is 3.42. The summed E-state index contributed by atoms with van der Waals surface area (Å²) in [4.78, 5) is 20.9. The van der Waals surface area contributed by atoms with Gasteiger partial charge in [-0.3, -0.25) is 0 Å². The van der Waals surface area contributed by atoms with E-state index in [0.29, 0.717) is 6.42 Å². The van der Waals surface area contributed by atoms with E-state index in [-0.39, 0.29) is 5.78 Å². The Labute approximate surface area is 96.2 Å². The highest BCUT2D eigenvalue weighted by atomic mass is 16.4. The Kier molecular flexibility index (Phi) is 7.76. The number of unbranched alkanes of at least 4 members (excludes halogenated alkanes) is 1. The second kappa shape index (κ2) is 8.65. The molecule has 0 rings (SSSR count). The van der Waals surface area contributed by atoms with Crippen LogP contribution in [0.25, 0.3) is 0 Å². The third-order valence-corrected chi connectivity index (χ3v) is 1.88. The number of hydrogen-bond acceptors (Lipinski definition) is 2. The van der Waals surface area contributed by atoms with Gasteiger partial charge in [0.25, 0.3) is 0 Å². The van der Waals surface area contributed by atoms with Gasteiger partial charge in [0, 0.05) is 12.5 Å². The molecular weight excluding hydrogens is 204 g/mol. The monoisotopic (exact) mass is 222 g/mol. The summed E-state index contributed by atoms with van der Waals surface area (Å²) in [5, 5.41) is 8.39. The van der Waals surface area contributed by atoms with Crippen LogP contribution >= 0.6 is 0 Å². The number of allylic oxidation sites excluding steroid dienone is 5. The Morgan fingerprint density at radius 1 is 1.19 bits per heavy atom. The van der Waals surface area contributed by atoms with Crippen LogP contribution in [0, 0.1) is 0 Å². The summed E-state index contributed by atoms with van der Waals surface area (Å²) < 4.78 is 0. The highest BCUT2D eigenvalue weighted by Gasteiger charge is 1.89. The Balaban J connectivity index is 3.84. The van der Waals surface area contributed by atoms with Gasteiger partial charge >= 0.3 is 5.97 Å². The zero-order valence-electron chi connectivity index (χ0n) is 9.77. The Bertz CT molecular complexity index is 322. The van der Waals surface area contributed by atoms with Gasteiger partial charge in [0.1, 0.15) is 5.78 Å². The predicted molar refractivity (Wildman–Crippen MR) is 64.2 cm³/mol. The fourth-order valence-corrected chi connectivity index (χ4v) is 1.04. The van der Waals surface area contributed by atoms with Gasteiger partial charge in [-0.25, -0.2) is 4.79 Å². The number of Topliss-reactive ketones (excluding diaryl/α,β-unsaturated/α-hetero) is 1. The molecule has 16 heavy (non-hydrogen) atoms. The summed E-state index contributed by atoms with van der Waals surface area (Å²) in [5.41, 5.74) is 0.880. The molecule has 0 spiro atoms. The molecule has 0 aromatic rings. The number of carbonyl (C=O) groups excluding carboxylic acids is 1. The zero-order chi connectivity index (χ0) is 12.4. The summed E-state index contributed by atoms with van der Waals surface area (Å²) >= 11 is 0. The number of hydrogen-bond donors (Lipinski definition) is 1. The van der Waals surface area contributed by atoms with E-state index in [2.05, 4.69) is 0 Å².